The Labute approximate surface area is 224 Å². The smallest absolute Gasteiger partial charge is 0.410 e. The van der Waals surface area contributed by atoms with Gasteiger partial charge in [-0.15, -0.1) is 0 Å². The highest BCUT2D eigenvalue weighted by molar-refractivity contribution is 5.95. The Hall–Kier alpha value is -4.14. The first-order chi connectivity index (χ1) is 18.5. The van der Waals surface area contributed by atoms with Gasteiger partial charge in [0, 0.05) is 19.3 Å². The molecule has 3 aromatic heterocycles. The number of halogens is 2. The van der Waals surface area contributed by atoms with Crippen molar-refractivity contribution in [2.45, 2.75) is 57.6 Å². The molecule has 0 radical (unpaired) electrons. The first-order valence-corrected chi connectivity index (χ1v) is 12.7. The molecule has 10 nitrogen and oxygen atoms in total. The lowest BCUT2D eigenvalue weighted by atomic mass is 10.1. The number of rotatable bonds is 4. The summed E-state index contributed by atoms with van der Waals surface area (Å²) in [6.07, 6.45) is 4.01. The minimum absolute atomic E-state index is 0.176. The number of anilines is 1. The Morgan fingerprint density at radius 1 is 1.10 bits per heavy atom. The number of likely N-dealkylation sites (tertiary alicyclic amines) is 1. The summed E-state index contributed by atoms with van der Waals surface area (Å²) in [5.41, 5.74) is 7.11. The fourth-order valence-corrected chi connectivity index (χ4v) is 4.70. The minimum atomic E-state index is -1.05. The summed E-state index contributed by atoms with van der Waals surface area (Å²) in [5, 5.41) is 5.26. The van der Waals surface area contributed by atoms with Gasteiger partial charge >= 0.3 is 6.09 Å². The number of hydrogen-bond donors (Lipinski definition) is 1. The van der Waals surface area contributed by atoms with Crippen molar-refractivity contribution in [3.8, 4) is 23.6 Å². The number of nitrogens with zero attached hydrogens (tertiary/aromatic N) is 5. The summed E-state index contributed by atoms with van der Waals surface area (Å²) < 4.78 is 47.0. The molecule has 12 heteroatoms. The maximum Gasteiger partial charge on any atom is 0.410 e. The number of fused-ring (bicyclic) bond motifs is 1. The number of nitrogens with two attached hydrogens (primary N) is 1. The van der Waals surface area contributed by atoms with Crippen LogP contribution in [0.4, 0.5) is 19.4 Å². The number of hydrogen-bond acceptors (Lipinski definition) is 8. The van der Waals surface area contributed by atoms with Crippen LogP contribution in [0.2, 0.25) is 0 Å². The molecule has 4 heterocycles. The molecule has 5 rings (SSSR count). The van der Waals surface area contributed by atoms with E-state index in [9.17, 15) is 13.6 Å². The summed E-state index contributed by atoms with van der Waals surface area (Å²) >= 11 is 0. The van der Waals surface area contributed by atoms with E-state index in [1.807, 2.05) is 25.5 Å². The number of carbonyl (C=O) groups excluding carboxylic acids is 1. The van der Waals surface area contributed by atoms with Crippen LogP contribution in [-0.2, 0) is 4.74 Å². The van der Waals surface area contributed by atoms with Crippen molar-refractivity contribution in [2.24, 2.45) is 0 Å². The molecule has 0 spiro atoms. The van der Waals surface area contributed by atoms with Crippen molar-refractivity contribution in [1.29, 1.82) is 0 Å². The summed E-state index contributed by atoms with van der Waals surface area (Å²) in [6.45, 7) is 6.34. The molecule has 3 aromatic rings. The molecule has 1 atom stereocenters. The number of nitrogen functional groups attached to an aromatic ring is 1. The molecule has 1 aliphatic heterocycles. The number of ether oxygens (including phenoxy) is 3. The highest BCUT2D eigenvalue weighted by Crippen LogP contribution is 2.45. The number of aromatic nitrogens is 4. The van der Waals surface area contributed by atoms with Gasteiger partial charge in [0.15, 0.2) is 0 Å². The third-order valence-corrected chi connectivity index (χ3v) is 6.67. The van der Waals surface area contributed by atoms with Crippen LogP contribution in [0.15, 0.2) is 6.20 Å². The molecule has 1 amide bonds. The molecule has 1 aliphatic carbocycles. The standard InChI is InChI=1S/C27H30F2N6O4/c1-27(2,3)39-26(36)34-11-10-15(13-34)35-22-17(14-6-7-14)12-31-23(30)19(22)18(33-35)9-8-16-20(28)24(37-4)32-25(38-5)21(16)29/h12,14-15H,6-7,10-11,13H2,1-5H3,(H2,30,31). The quantitative estimate of drug-likeness (QED) is 0.490. The van der Waals surface area contributed by atoms with Gasteiger partial charge in [-0.1, -0.05) is 5.92 Å². The fraction of sp³-hybridized carbons (Fsp3) is 0.481. The van der Waals surface area contributed by atoms with E-state index in [0.717, 1.165) is 23.9 Å². The molecule has 1 unspecified atom stereocenters. The molecular formula is C27H30F2N6O4. The van der Waals surface area contributed by atoms with E-state index >= 15 is 0 Å². The first kappa shape index (κ1) is 26.5. The lowest BCUT2D eigenvalue weighted by Crippen LogP contribution is -2.35. The highest BCUT2D eigenvalue weighted by atomic mass is 19.1. The Balaban J connectivity index is 1.60. The number of pyridine rings is 2. The summed E-state index contributed by atoms with van der Waals surface area (Å²) in [7, 11) is 2.42. The molecule has 1 saturated heterocycles. The summed E-state index contributed by atoms with van der Waals surface area (Å²) in [6, 6.07) is -0.176. The van der Waals surface area contributed by atoms with Crippen LogP contribution in [0.5, 0.6) is 11.8 Å². The fourth-order valence-electron chi connectivity index (χ4n) is 4.70. The SMILES string of the molecule is COc1nc(OC)c(F)c(C#Cc2nn(C3CCN(C(=O)OC(C)(C)C)C3)c3c(C4CC4)cnc(N)c23)c1F. The van der Waals surface area contributed by atoms with Crippen LogP contribution in [0.3, 0.4) is 0 Å². The molecule has 39 heavy (non-hydrogen) atoms. The molecule has 2 fully saturated rings. The number of carbonyl (C=O) groups is 1. The average Bonchev–Trinajstić information content (AvgIpc) is 3.46. The van der Waals surface area contributed by atoms with Gasteiger partial charge in [0.1, 0.15) is 22.7 Å². The van der Waals surface area contributed by atoms with Crippen LogP contribution in [0.25, 0.3) is 10.9 Å². The van der Waals surface area contributed by atoms with Crippen LogP contribution >= 0.6 is 0 Å². The zero-order valence-corrected chi connectivity index (χ0v) is 22.5. The highest BCUT2D eigenvalue weighted by Gasteiger charge is 2.35. The third kappa shape index (κ3) is 5.01. The maximum absolute atomic E-state index is 14.9. The Morgan fingerprint density at radius 2 is 1.77 bits per heavy atom. The molecule has 2 N–H and O–H groups in total. The molecule has 0 aromatic carbocycles. The van der Waals surface area contributed by atoms with Crippen LogP contribution < -0.4 is 15.2 Å². The zero-order chi connectivity index (χ0) is 28.1. The van der Waals surface area contributed by atoms with Crippen molar-refractivity contribution >= 4 is 22.8 Å². The molecule has 206 valence electrons. The Bertz CT molecular complexity index is 1490. The van der Waals surface area contributed by atoms with E-state index in [0.29, 0.717) is 30.8 Å². The lowest BCUT2D eigenvalue weighted by molar-refractivity contribution is 0.0288. The Morgan fingerprint density at radius 3 is 2.36 bits per heavy atom. The number of amides is 1. The average molecular weight is 541 g/mol. The summed E-state index contributed by atoms with van der Waals surface area (Å²) in [5.74, 6) is 2.86. The second-order valence-electron chi connectivity index (χ2n) is 10.6. The lowest BCUT2D eigenvalue weighted by Gasteiger charge is -2.24. The molecular weight excluding hydrogens is 510 g/mol. The van der Waals surface area contributed by atoms with E-state index in [1.54, 1.807) is 11.1 Å². The maximum atomic E-state index is 14.9. The van der Waals surface area contributed by atoms with E-state index in [2.05, 4.69) is 21.8 Å². The van der Waals surface area contributed by atoms with Gasteiger partial charge in [-0.3, -0.25) is 4.68 Å². The molecule has 0 bridgehead atoms. The van der Waals surface area contributed by atoms with E-state index in [-0.39, 0.29) is 17.6 Å². The normalized spacial score (nSPS) is 17.2. The van der Waals surface area contributed by atoms with Gasteiger partial charge in [0.2, 0.25) is 11.6 Å². The van der Waals surface area contributed by atoms with Gasteiger partial charge in [0.05, 0.1) is 31.2 Å². The predicted octanol–water partition coefficient (Wildman–Crippen LogP) is 4.16. The van der Waals surface area contributed by atoms with Crippen molar-refractivity contribution < 1.29 is 27.8 Å². The van der Waals surface area contributed by atoms with Gasteiger partial charge < -0.3 is 24.8 Å². The van der Waals surface area contributed by atoms with Crippen molar-refractivity contribution in [3.05, 3.63) is 34.7 Å². The third-order valence-electron chi connectivity index (χ3n) is 6.67. The summed E-state index contributed by atoms with van der Waals surface area (Å²) in [4.78, 5) is 22.4. The van der Waals surface area contributed by atoms with E-state index in [4.69, 9.17) is 25.0 Å². The van der Waals surface area contributed by atoms with Crippen molar-refractivity contribution in [3.63, 3.8) is 0 Å². The molecule has 2 aliphatic rings. The molecule has 1 saturated carbocycles. The zero-order valence-electron chi connectivity index (χ0n) is 22.5. The monoisotopic (exact) mass is 540 g/mol. The number of methoxy groups -OCH3 is 2. The van der Waals surface area contributed by atoms with Gasteiger partial charge in [0.25, 0.3) is 11.8 Å². The van der Waals surface area contributed by atoms with Crippen molar-refractivity contribution in [1.82, 2.24) is 24.6 Å². The second kappa shape index (κ2) is 9.87. The first-order valence-electron chi connectivity index (χ1n) is 12.7. The van der Waals surface area contributed by atoms with Crippen LogP contribution in [-0.4, -0.2) is 63.7 Å². The topological polar surface area (TPSA) is 118 Å². The van der Waals surface area contributed by atoms with Gasteiger partial charge in [-0.25, -0.2) is 9.78 Å². The van der Waals surface area contributed by atoms with Crippen LogP contribution in [0.1, 0.15) is 68.8 Å². The van der Waals surface area contributed by atoms with E-state index < -0.39 is 40.7 Å². The minimum Gasteiger partial charge on any atom is -0.479 e. The van der Waals surface area contributed by atoms with Crippen LogP contribution in [0, 0.1) is 23.5 Å². The van der Waals surface area contributed by atoms with Gasteiger partial charge in [-0.05, 0) is 57.4 Å². The van der Waals surface area contributed by atoms with Gasteiger partial charge in [-0.2, -0.15) is 18.9 Å². The predicted molar refractivity (Wildman–Crippen MR) is 139 cm³/mol. The van der Waals surface area contributed by atoms with E-state index in [1.165, 1.54) is 14.2 Å². The Kier molecular flexibility index (Phi) is 6.70. The second-order valence-corrected chi connectivity index (χ2v) is 10.6. The largest absolute Gasteiger partial charge is 0.479 e. The van der Waals surface area contributed by atoms with Crippen molar-refractivity contribution in [2.75, 3.05) is 33.0 Å².